The van der Waals surface area contributed by atoms with Crippen LogP contribution in [0.1, 0.15) is 34.0 Å². The van der Waals surface area contributed by atoms with Crippen molar-refractivity contribution in [2.24, 2.45) is 0 Å². The fourth-order valence-electron chi connectivity index (χ4n) is 3.03. The van der Waals surface area contributed by atoms with Crippen molar-refractivity contribution in [2.45, 2.75) is 19.8 Å². The standard InChI is InChI=1S/C15H15N5O/c1-7-11-13(9-3-5-10(21)6-4-9)12-8(2)18-20-15(12)16-14(11)19-17-7/h3-6,13,21H,1-2H3,(H3,16,17,18,19,20). The van der Waals surface area contributed by atoms with Crippen molar-refractivity contribution in [3.63, 3.8) is 0 Å². The molecule has 0 spiro atoms. The highest BCUT2D eigenvalue weighted by molar-refractivity contribution is 5.72. The molecule has 2 aromatic heterocycles. The van der Waals surface area contributed by atoms with Gasteiger partial charge in [-0.15, -0.1) is 0 Å². The van der Waals surface area contributed by atoms with Gasteiger partial charge in [-0.25, -0.2) is 0 Å². The monoisotopic (exact) mass is 281 g/mol. The number of anilines is 2. The Balaban J connectivity index is 1.98. The van der Waals surface area contributed by atoms with Gasteiger partial charge in [0.2, 0.25) is 0 Å². The maximum atomic E-state index is 9.53. The molecular formula is C15H15N5O. The van der Waals surface area contributed by atoms with Gasteiger partial charge in [-0.1, -0.05) is 12.1 Å². The summed E-state index contributed by atoms with van der Waals surface area (Å²) in [7, 11) is 0. The minimum absolute atomic E-state index is 0.0503. The molecule has 0 bridgehead atoms. The van der Waals surface area contributed by atoms with E-state index >= 15 is 0 Å². The molecule has 0 atom stereocenters. The SMILES string of the molecule is Cc1[nH]nc2c1C(c1ccc(O)cc1)c1c(n[nH]c1C)N2. The Kier molecular flexibility index (Phi) is 2.35. The second-order valence-corrected chi connectivity index (χ2v) is 5.37. The zero-order chi connectivity index (χ0) is 14.6. The smallest absolute Gasteiger partial charge is 0.157 e. The number of nitrogens with one attached hydrogen (secondary N) is 3. The Hall–Kier alpha value is -2.76. The van der Waals surface area contributed by atoms with E-state index in [0.29, 0.717) is 0 Å². The van der Waals surface area contributed by atoms with Gasteiger partial charge in [0.25, 0.3) is 0 Å². The highest BCUT2D eigenvalue weighted by atomic mass is 16.3. The minimum atomic E-state index is 0.0503. The van der Waals surface area contributed by atoms with Gasteiger partial charge in [0.1, 0.15) is 5.75 Å². The van der Waals surface area contributed by atoms with Crippen molar-refractivity contribution in [1.29, 1.82) is 0 Å². The normalized spacial score (nSPS) is 13.6. The second-order valence-electron chi connectivity index (χ2n) is 5.37. The number of fused-ring (bicyclic) bond motifs is 2. The molecule has 0 saturated heterocycles. The van der Waals surface area contributed by atoms with Gasteiger partial charge in [-0.2, -0.15) is 10.2 Å². The first-order chi connectivity index (χ1) is 10.1. The van der Waals surface area contributed by atoms with Crippen molar-refractivity contribution < 1.29 is 5.11 Å². The molecule has 6 heteroatoms. The zero-order valence-corrected chi connectivity index (χ0v) is 11.7. The Morgan fingerprint density at radius 3 is 1.95 bits per heavy atom. The predicted octanol–water partition coefficient (Wildman–Crippen LogP) is 2.69. The number of benzene rings is 1. The van der Waals surface area contributed by atoms with Crippen LogP contribution >= 0.6 is 0 Å². The van der Waals surface area contributed by atoms with Crippen molar-refractivity contribution in [2.75, 3.05) is 5.32 Å². The summed E-state index contributed by atoms with van der Waals surface area (Å²) < 4.78 is 0. The van der Waals surface area contributed by atoms with E-state index in [1.165, 1.54) is 0 Å². The number of aromatic hydroxyl groups is 1. The molecule has 21 heavy (non-hydrogen) atoms. The van der Waals surface area contributed by atoms with E-state index < -0.39 is 0 Å². The second kappa shape index (κ2) is 4.12. The number of hydrogen-bond donors (Lipinski definition) is 4. The number of hydrogen-bond acceptors (Lipinski definition) is 4. The molecule has 3 heterocycles. The van der Waals surface area contributed by atoms with Crippen molar-refractivity contribution in [1.82, 2.24) is 20.4 Å². The Morgan fingerprint density at radius 1 is 0.905 bits per heavy atom. The average molecular weight is 281 g/mol. The first-order valence-corrected chi connectivity index (χ1v) is 6.81. The third-order valence-corrected chi connectivity index (χ3v) is 4.03. The van der Waals surface area contributed by atoms with Crippen LogP contribution in [0.5, 0.6) is 5.75 Å². The number of nitrogens with zero attached hydrogens (tertiary/aromatic N) is 2. The lowest BCUT2D eigenvalue weighted by atomic mass is 9.83. The van der Waals surface area contributed by atoms with Gasteiger partial charge < -0.3 is 10.4 Å². The van der Waals surface area contributed by atoms with Crippen LogP contribution in [0.4, 0.5) is 11.6 Å². The van der Waals surface area contributed by atoms with Crippen molar-refractivity contribution >= 4 is 11.6 Å². The number of rotatable bonds is 1. The molecular weight excluding hydrogens is 266 g/mol. The van der Waals surface area contributed by atoms with Crippen molar-refractivity contribution in [3.05, 3.63) is 52.3 Å². The highest BCUT2D eigenvalue weighted by Crippen LogP contribution is 2.45. The first-order valence-electron chi connectivity index (χ1n) is 6.81. The zero-order valence-electron chi connectivity index (χ0n) is 11.7. The average Bonchev–Trinajstić information content (AvgIpc) is 3.03. The van der Waals surface area contributed by atoms with Crippen molar-refractivity contribution in [3.8, 4) is 5.75 Å². The highest BCUT2D eigenvalue weighted by Gasteiger charge is 2.33. The molecule has 6 nitrogen and oxygen atoms in total. The van der Waals surface area contributed by atoms with Gasteiger partial charge >= 0.3 is 0 Å². The summed E-state index contributed by atoms with van der Waals surface area (Å²) in [5.74, 6) is 1.93. The van der Waals surface area contributed by atoms with E-state index in [1.54, 1.807) is 12.1 Å². The molecule has 0 saturated carbocycles. The number of aromatic amines is 2. The van der Waals surface area contributed by atoms with Gasteiger partial charge in [0.05, 0.1) is 0 Å². The van der Waals surface area contributed by atoms with Crippen LogP contribution in [-0.2, 0) is 0 Å². The summed E-state index contributed by atoms with van der Waals surface area (Å²) in [5, 5.41) is 27.5. The molecule has 0 unspecified atom stereocenters. The molecule has 106 valence electrons. The summed E-state index contributed by atoms with van der Waals surface area (Å²) >= 11 is 0. The van der Waals surface area contributed by atoms with Gasteiger partial charge in [-0.05, 0) is 31.5 Å². The summed E-state index contributed by atoms with van der Waals surface area (Å²) in [6.45, 7) is 4.03. The molecule has 1 aliphatic rings. The van der Waals surface area contributed by atoms with Crippen LogP contribution in [0.15, 0.2) is 24.3 Å². The first kappa shape index (κ1) is 12.0. The molecule has 0 aliphatic carbocycles. The van der Waals surface area contributed by atoms with Crippen LogP contribution in [0, 0.1) is 13.8 Å². The Labute approximate surface area is 121 Å². The van der Waals surface area contributed by atoms with Crippen LogP contribution in [0.25, 0.3) is 0 Å². The largest absolute Gasteiger partial charge is 0.508 e. The van der Waals surface area contributed by atoms with Gasteiger partial charge in [0, 0.05) is 28.4 Å². The molecule has 0 fully saturated rings. The maximum Gasteiger partial charge on any atom is 0.157 e. The lowest BCUT2D eigenvalue weighted by Gasteiger charge is -2.24. The van der Waals surface area contributed by atoms with Crippen LogP contribution < -0.4 is 5.32 Å². The van der Waals surface area contributed by atoms with E-state index in [2.05, 4.69) is 25.7 Å². The number of phenols is 1. The lowest BCUT2D eigenvalue weighted by molar-refractivity contribution is 0.475. The number of aryl methyl sites for hydroxylation is 2. The van der Waals surface area contributed by atoms with Gasteiger partial charge in [-0.3, -0.25) is 10.2 Å². The van der Waals surface area contributed by atoms with Gasteiger partial charge in [0.15, 0.2) is 11.6 Å². The topological polar surface area (TPSA) is 89.6 Å². The molecule has 0 amide bonds. The number of H-pyrrole nitrogens is 2. The molecule has 4 rings (SSSR count). The summed E-state index contributed by atoms with van der Waals surface area (Å²) in [6, 6.07) is 7.30. The summed E-state index contributed by atoms with van der Waals surface area (Å²) in [4.78, 5) is 0. The molecule has 0 radical (unpaired) electrons. The van der Waals surface area contributed by atoms with Crippen LogP contribution in [0.2, 0.25) is 0 Å². The van der Waals surface area contributed by atoms with E-state index in [9.17, 15) is 5.11 Å². The minimum Gasteiger partial charge on any atom is -0.508 e. The fraction of sp³-hybridized carbons (Fsp3) is 0.200. The number of aromatic nitrogens is 4. The quantitative estimate of drug-likeness (QED) is 0.432. The molecule has 3 aromatic rings. The van der Waals surface area contributed by atoms with Crippen LogP contribution in [-0.4, -0.2) is 25.5 Å². The van der Waals surface area contributed by atoms with E-state index in [1.807, 2.05) is 26.0 Å². The third-order valence-electron chi connectivity index (χ3n) is 4.03. The fourth-order valence-corrected chi connectivity index (χ4v) is 3.03. The molecule has 4 N–H and O–H groups in total. The van der Waals surface area contributed by atoms with Crippen LogP contribution in [0.3, 0.4) is 0 Å². The maximum absolute atomic E-state index is 9.53. The molecule has 1 aliphatic heterocycles. The predicted molar refractivity (Wildman–Crippen MR) is 79.0 cm³/mol. The third kappa shape index (κ3) is 1.65. The van der Waals surface area contributed by atoms with E-state index in [4.69, 9.17) is 0 Å². The molecule has 1 aromatic carbocycles. The van der Waals surface area contributed by atoms with E-state index in [0.717, 1.165) is 39.7 Å². The Bertz CT molecular complexity index is 769. The summed E-state index contributed by atoms with van der Waals surface area (Å²) in [6.07, 6.45) is 0. The number of phenolic OH excluding ortho intramolecular Hbond substituents is 1. The Morgan fingerprint density at radius 2 is 1.43 bits per heavy atom. The van der Waals surface area contributed by atoms with E-state index in [-0.39, 0.29) is 11.7 Å². The lowest BCUT2D eigenvalue weighted by Crippen LogP contribution is -2.14. The summed E-state index contributed by atoms with van der Waals surface area (Å²) in [5.41, 5.74) is 5.41.